The fraction of sp³-hybridized carbons (Fsp3) is 0.267. The normalized spacial score (nSPS) is 10.3. The van der Waals surface area contributed by atoms with Crippen molar-refractivity contribution < 1.29 is 14.3 Å². The van der Waals surface area contributed by atoms with Crippen LogP contribution in [0, 0.1) is 0 Å². The average molecular weight is 336 g/mol. The number of hydrogen-bond donors (Lipinski definition) is 1. The van der Waals surface area contributed by atoms with Crippen molar-refractivity contribution in [2.75, 3.05) is 18.2 Å². The van der Waals surface area contributed by atoms with Crippen LogP contribution in [0.15, 0.2) is 34.5 Å². The van der Waals surface area contributed by atoms with Gasteiger partial charge in [0.1, 0.15) is 0 Å². The van der Waals surface area contributed by atoms with E-state index in [1.54, 1.807) is 24.1 Å². The summed E-state index contributed by atoms with van der Waals surface area (Å²) in [6.45, 7) is 2.03. The number of amides is 1. The van der Waals surface area contributed by atoms with Gasteiger partial charge in [-0.15, -0.1) is 23.1 Å². The van der Waals surface area contributed by atoms with Gasteiger partial charge in [-0.3, -0.25) is 4.79 Å². The summed E-state index contributed by atoms with van der Waals surface area (Å²) < 4.78 is 4.85. The molecule has 0 radical (unpaired) electrons. The molecule has 1 amide bonds. The summed E-state index contributed by atoms with van der Waals surface area (Å²) in [6.07, 6.45) is 2.27. The Morgan fingerprint density at radius 3 is 2.68 bits per heavy atom. The van der Waals surface area contributed by atoms with Gasteiger partial charge in [-0.1, -0.05) is 12.1 Å². The van der Waals surface area contributed by atoms with E-state index in [-0.39, 0.29) is 18.0 Å². The minimum atomic E-state index is -0.480. The number of hydrogen-bond acceptors (Lipinski definition) is 6. The molecule has 5 nitrogen and oxygen atoms in total. The highest BCUT2D eigenvalue weighted by molar-refractivity contribution is 7.98. The van der Waals surface area contributed by atoms with Crippen LogP contribution in [-0.4, -0.2) is 29.7 Å². The summed E-state index contributed by atoms with van der Waals surface area (Å²) >= 11 is 2.86. The lowest BCUT2D eigenvalue weighted by Crippen LogP contribution is -2.14. The zero-order chi connectivity index (χ0) is 15.9. The molecular formula is C15H16N2O3S2. The summed E-state index contributed by atoms with van der Waals surface area (Å²) in [5.74, 6) is -0.645. The quantitative estimate of drug-likeness (QED) is 0.648. The average Bonchev–Trinajstić information content (AvgIpc) is 2.96. The van der Waals surface area contributed by atoms with Crippen molar-refractivity contribution in [1.29, 1.82) is 0 Å². The van der Waals surface area contributed by atoms with E-state index < -0.39 is 5.97 Å². The summed E-state index contributed by atoms with van der Waals surface area (Å²) in [6, 6.07) is 7.82. The Balaban J connectivity index is 1.92. The molecule has 0 spiro atoms. The van der Waals surface area contributed by atoms with Crippen molar-refractivity contribution in [3.8, 4) is 0 Å². The summed E-state index contributed by atoms with van der Waals surface area (Å²) in [4.78, 5) is 28.7. The molecule has 7 heteroatoms. The van der Waals surface area contributed by atoms with Crippen LogP contribution >= 0.6 is 23.1 Å². The van der Waals surface area contributed by atoms with Crippen molar-refractivity contribution in [3.63, 3.8) is 0 Å². The molecule has 2 aromatic rings. The molecule has 1 heterocycles. The van der Waals surface area contributed by atoms with Crippen molar-refractivity contribution in [3.05, 3.63) is 40.9 Å². The fourth-order valence-electron chi connectivity index (χ4n) is 1.72. The van der Waals surface area contributed by atoms with Crippen LogP contribution in [0.3, 0.4) is 0 Å². The first kappa shape index (κ1) is 16.5. The van der Waals surface area contributed by atoms with E-state index in [9.17, 15) is 9.59 Å². The molecule has 0 aliphatic rings. The Kier molecular flexibility index (Phi) is 5.97. The lowest BCUT2D eigenvalue weighted by atomic mass is 10.1. The molecule has 0 aliphatic carbocycles. The number of benzene rings is 1. The molecule has 2 rings (SSSR count). The van der Waals surface area contributed by atoms with Gasteiger partial charge in [0.15, 0.2) is 10.8 Å². The second-order valence-electron chi connectivity index (χ2n) is 4.33. The lowest BCUT2D eigenvalue weighted by molar-refractivity contribution is -0.115. The first-order valence-corrected chi connectivity index (χ1v) is 8.78. The van der Waals surface area contributed by atoms with Gasteiger partial charge in [0, 0.05) is 10.3 Å². The number of anilines is 1. The van der Waals surface area contributed by atoms with Crippen molar-refractivity contribution in [2.45, 2.75) is 18.2 Å². The van der Waals surface area contributed by atoms with E-state index in [2.05, 4.69) is 10.3 Å². The molecule has 0 atom stereocenters. The SMILES string of the molecule is CCOC(=O)c1csc(NC(=O)Cc2ccc(SC)cc2)n1. The Hall–Kier alpha value is -1.86. The fourth-order valence-corrected chi connectivity index (χ4v) is 2.83. The lowest BCUT2D eigenvalue weighted by Gasteiger charge is -2.03. The predicted molar refractivity (Wildman–Crippen MR) is 88.6 cm³/mol. The van der Waals surface area contributed by atoms with Crippen molar-refractivity contribution in [2.24, 2.45) is 0 Å². The van der Waals surface area contributed by atoms with E-state index in [4.69, 9.17) is 4.74 Å². The van der Waals surface area contributed by atoms with Gasteiger partial charge in [-0.25, -0.2) is 9.78 Å². The molecule has 0 saturated carbocycles. The molecule has 0 bridgehead atoms. The number of aromatic nitrogens is 1. The van der Waals surface area contributed by atoms with Gasteiger partial charge >= 0.3 is 5.97 Å². The van der Waals surface area contributed by atoms with E-state index in [1.165, 1.54) is 11.3 Å². The molecule has 0 fully saturated rings. The maximum Gasteiger partial charge on any atom is 0.357 e. The van der Waals surface area contributed by atoms with Crippen LogP contribution in [0.1, 0.15) is 23.0 Å². The van der Waals surface area contributed by atoms with Gasteiger partial charge in [0.05, 0.1) is 13.0 Å². The van der Waals surface area contributed by atoms with Crippen molar-refractivity contribution in [1.82, 2.24) is 4.98 Å². The summed E-state index contributed by atoms with van der Waals surface area (Å²) in [7, 11) is 0. The highest BCUT2D eigenvalue weighted by atomic mass is 32.2. The summed E-state index contributed by atoms with van der Waals surface area (Å²) in [5, 5.41) is 4.66. The molecule has 22 heavy (non-hydrogen) atoms. The van der Waals surface area contributed by atoms with Gasteiger partial charge in [-0.2, -0.15) is 0 Å². The number of thiazole rings is 1. The second-order valence-corrected chi connectivity index (χ2v) is 6.07. The highest BCUT2D eigenvalue weighted by Crippen LogP contribution is 2.18. The maximum atomic E-state index is 12.0. The van der Waals surface area contributed by atoms with Crippen LogP contribution in [-0.2, 0) is 16.0 Å². The first-order valence-electron chi connectivity index (χ1n) is 6.67. The number of esters is 1. The van der Waals surface area contributed by atoms with E-state index in [0.29, 0.717) is 11.7 Å². The van der Waals surface area contributed by atoms with Crippen molar-refractivity contribution >= 4 is 40.1 Å². The number of nitrogens with zero attached hydrogens (tertiary/aromatic N) is 1. The Morgan fingerprint density at radius 1 is 1.32 bits per heavy atom. The van der Waals surface area contributed by atoms with Crippen LogP contribution in [0.4, 0.5) is 5.13 Å². The Labute approximate surface area is 137 Å². The predicted octanol–water partition coefficient (Wildman–Crippen LogP) is 3.22. The Bertz CT molecular complexity index is 653. The molecule has 116 valence electrons. The zero-order valence-electron chi connectivity index (χ0n) is 12.3. The van der Waals surface area contributed by atoms with Gasteiger partial charge in [-0.05, 0) is 30.9 Å². The van der Waals surface area contributed by atoms with Crippen LogP contribution in [0.25, 0.3) is 0 Å². The minimum Gasteiger partial charge on any atom is -0.461 e. The summed E-state index contributed by atoms with van der Waals surface area (Å²) in [5.41, 5.74) is 1.14. The standard InChI is InChI=1S/C15H16N2O3S2/c1-3-20-14(19)12-9-22-15(16-12)17-13(18)8-10-4-6-11(21-2)7-5-10/h4-7,9H,3,8H2,1-2H3,(H,16,17,18). The van der Waals surface area contributed by atoms with E-state index in [1.807, 2.05) is 30.5 Å². The number of ether oxygens (including phenoxy) is 1. The highest BCUT2D eigenvalue weighted by Gasteiger charge is 2.13. The Morgan fingerprint density at radius 2 is 2.05 bits per heavy atom. The number of nitrogens with one attached hydrogen (secondary N) is 1. The molecule has 1 aromatic heterocycles. The van der Waals surface area contributed by atoms with Gasteiger partial charge in [0.25, 0.3) is 0 Å². The molecular weight excluding hydrogens is 320 g/mol. The van der Waals surface area contributed by atoms with Gasteiger partial charge < -0.3 is 10.1 Å². The number of rotatable bonds is 6. The molecule has 0 aliphatic heterocycles. The second kappa shape index (κ2) is 7.95. The zero-order valence-corrected chi connectivity index (χ0v) is 13.9. The molecule has 1 aromatic carbocycles. The van der Waals surface area contributed by atoms with E-state index in [0.717, 1.165) is 10.5 Å². The van der Waals surface area contributed by atoms with Crippen LogP contribution < -0.4 is 5.32 Å². The van der Waals surface area contributed by atoms with Crippen LogP contribution in [0.2, 0.25) is 0 Å². The maximum absolute atomic E-state index is 12.0. The largest absolute Gasteiger partial charge is 0.461 e. The van der Waals surface area contributed by atoms with E-state index >= 15 is 0 Å². The molecule has 0 saturated heterocycles. The monoisotopic (exact) mass is 336 g/mol. The number of carbonyl (C=O) groups excluding carboxylic acids is 2. The minimum absolute atomic E-state index is 0.165. The molecule has 1 N–H and O–H groups in total. The number of carbonyl (C=O) groups is 2. The smallest absolute Gasteiger partial charge is 0.357 e. The van der Waals surface area contributed by atoms with Crippen LogP contribution in [0.5, 0.6) is 0 Å². The third-order valence-corrected chi connectivity index (χ3v) is 4.26. The van der Waals surface area contributed by atoms with Gasteiger partial charge in [0.2, 0.25) is 5.91 Å². The third kappa shape index (κ3) is 4.57. The first-order chi connectivity index (χ1) is 10.6. The number of thioether (sulfide) groups is 1. The third-order valence-electron chi connectivity index (χ3n) is 2.76. The molecule has 0 unspecified atom stereocenters. The topological polar surface area (TPSA) is 68.3 Å².